The van der Waals surface area contributed by atoms with Crippen LogP contribution >= 0.6 is 0 Å². The lowest BCUT2D eigenvalue weighted by Gasteiger charge is -2.34. The second-order valence-corrected chi connectivity index (χ2v) is 6.00. The SMILES string of the molecule is CCCNC1CCN(C(=O)NC2CCCCC2)CC1. The summed E-state index contributed by atoms with van der Waals surface area (Å²) in [5.41, 5.74) is 0. The van der Waals surface area contributed by atoms with Gasteiger partial charge in [-0.3, -0.25) is 0 Å². The summed E-state index contributed by atoms with van der Waals surface area (Å²) < 4.78 is 0. The zero-order chi connectivity index (χ0) is 13.5. The minimum atomic E-state index is 0.167. The maximum atomic E-state index is 12.2. The molecule has 0 aromatic carbocycles. The van der Waals surface area contributed by atoms with Gasteiger partial charge in [0.2, 0.25) is 0 Å². The van der Waals surface area contributed by atoms with E-state index in [0.717, 1.165) is 32.5 Å². The molecular formula is C15H29N3O. The Morgan fingerprint density at radius 3 is 2.37 bits per heavy atom. The lowest BCUT2D eigenvalue weighted by Crippen LogP contribution is -2.50. The third-order valence-corrected chi connectivity index (χ3v) is 4.40. The number of carbonyl (C=O) groups is 1. The minimum absolute atomic E-state index is 0.167. The van der Waals surface area contributed by atoms with Crippen LogP contribution in [0.4, 0.5) is 4.79 Å². The summed E-state index contributed by atoms with van der Waals surface area (Å²) in [6.45, 7) is 5.10. The number of hydrogen-bond donors (Lipinski definition) is 2. The number of urea groups is 1. The van der Waals surface area contributed by atoms with Crippen LogP contribution in [0.25, 0.3) is 0 Å². The molecule has 2 amide bonds. The molecule has 1 heterocycles. The number of piperidine rings is 1. The molecule has 2 fully saturated rings. The highest BCUT2D eigenvalue weighted by molar-refractivity contribution is 5.74. The van der Waals surface area contributed by atoms with Crippen LogP contribution in [0.2, 0.25) is 0 Å². The van der Waals surface area contributed by atoms with Gasteiger partial charge in [-0.2, -0.15) is 0 Å². The van der Waals surface area contributed by atoms with Gasteiger partial charge in [-0.1, -0.05) is 26.2 Å². The highest BCUT2D eigenvalue weighted by atomic mass is 16.2. The first kappa shape index (κ1) is 14.6. The highest BCUT2D eigenvalue weighted by Gasteiger charge is 2.24. The fourth-order valence-corrected chi connectivity index (χ4v) is 3.15. The molecule has 110 valence electrons. The molecule has 1 aliphatic heterocycles. The van der Waals surface area contributed by atoms with Crippen LogP contribution in [0, 0.1) is 0 Å². The van der Waals surface area contributed by atoms with Crippen LogP contribution in [0.15, 0.2) is 0 Å². The molecule has 0 spiro atoms. The number of amides is 2. The quantitative estimate of drug-likeness (QED) is 0.822. The van der Waals surface area contributed by atoms with Gasteiger partial charge < -0.3 is 15.5 Å². The van der Waals surface area contributed by atoms with Crippen molar-refractivity contribution in [2.45, 2.75) is 70.4 Å². The molecule has 0 unspecified atom stereocenters. The van der Waals surface area contributed by atoms with Crippen molar-refractivity contribution in [2.24, 2.45) is 0 Å². The van der Waals surface area contributed by atoms with Crippen molar-refractivity contribution in [2.75, 3.05) is 19.6 Å². The van der Waals surface area contributed by atoms with E-state index in [-0.39, 0.29) is 6.03 Å². The Hall–Kier alpha value is -0.770. The summed E-state index contributed by atoms with van der Waals surface area (Å²) >= 11 is 0. The topological polar surface area (TPSA) is 44.4 Å². The van der Waals surface area contributed by atoms with Crippen molar-refractivity contribution < 1.29 is 4.79 Å². The van der Waals surface area contributed by atoms with Crippen LogP contribution < -0.4 is 10.6 Å². The molecule has 0 aromatic heterocycles. The molecule has 2 rings (SSSR count). The van der Waals surface area contributed by atoms with E-state index >= 15 is 0 Å². The summed E-state index contributed by atoms with van der Waals surface area (Å²) in [6, 6.07) is 1.21. The molecule has 1 saturated heterocycles. The van der Waals surface area contributed by atoms with Crippen LogP contribution in [0.1, 0.15) is 58.3 Å². The van der Waals surface area contributed by atoms with Crippen molar-refractivity contribution >= 4 is 6.03 Å². The van der Waals surface area contributed by atoms with Crippen molar-refractivity contribution in [1.29, 1.82) is 0 Å². The van der Waals surface area contributed by atoms with Crippen LogP contribution in [0.3, 0.4) is 0 Å². The van der Waals surface area contributed by atoms with E-state index in [0.29, 0.717) is 12.1 Å². The highest BCUT2D eigenvalue weighted by Crippen LogP contribution is 2.18. The van der Waals surface area contributed by atoms with Gasteiger partial charge in [-0.25, -0.2) is 4.79 Å². The van der Waals surface area contributed by atoms with E-state index in [9.17, 15) is 4.79 Å². The van der Waals surface area contributed by atoms with Gasteiger partial charge in [0.05, 0.1) is 0 Å². The second-order valence-electron chi connectivity index (χ2n) is 6.00. The standard InChI is InChI=1S/C15H29N3O/c1-2-10-16-13-8-11-18(12-9-13)15(19)17-14-6-4-3-5-7-14/h13-14,16H,2-12H2,1H3,(H,17,19). The van der Waals surface area contributed by atoms with Crippen molar-refractivity contribution in [3.05, 3.63) is 0 Å². The number of likely N-dealkylation sites (tertiary alicyclic amines) is 1. The molecule has 0 radical (unpaired) electrons. The molecule has 0 atom stereocenters. The smallest absolute Gasteiger partial charge is 0.317 e. The van der Waals surface area contributed by atoms with Gasteiger partial charge in [0.25, 0.3) is 0 Å². The monoisotopic (exact) mass is 267 g/mol. The molecule has 1 saturated carbocycles. The Kier molecular flexibility index (Phi) is 5.95. The predicted molar refractivity (Wildman–Crippen MR) is 78.3 cm³/mol. The Morgan fingerprint density at radius 1 is 1.05 bits per heavy atom. The first-order chi connectivity index (χ1) is 9.29. The van der Waals surface area contributed by atoms with E-state index in [1.165, 1.54) is 38.5 Å². The van der Waals surface area contributed by atoms with Gasteiger partial charge in [0, 0.05) is 25.2 Å². The van der Waals surface area contributed by atoms with E-state index in [4.69, 9.17) is 0 Å². The third kappa shape index (κ3) is 4.68. The van der Waals surface area contributed by atoms with E-state index in [2.05, 4.69) is 17.6 Å². The number of carbonyl (C=O) groups excluding carboxylic acids is 1. The molecule has 0 bridgehead atoms. The fourth-order valence-electron chi connectivity index (χ4n) is 3.15. The van der Waals surface area contributed by atoms with E-state index < -0.39 is 0 Å². The van der Waals surface area contributed by atoms with Crippen LogP contribution in [0.5, 0.6) is 0 Å². The molecular weight excluding hydrogens is 238 g/mol. The maximum Gasteiger partial charge on any atom is 0.317 e. The number of nitrogens with one attached hydrogen (secondary N) is 2. The molecule has 1 aliphatic carbocycles. The zero-order valence-electron chi connectivity index (χ0n) is 12.3. The van der Waals surface area contributed by atoms with Gasteiger partial charge in [-0.15, -0.1) is 0 Å². The van der Waals surface area contributed by atoms with E-state index in [1.807, 2.05) is 4.90 Å². The number of hydrogen-bond acceptors (Lipinski definition) is 2. The largest absolute Gasteiger partial charge is 0.335 e. The molecule has 19 heavy (non-hydrogen) atoms. The van der Waals surface area contributed by atoms with Crippen LogP contribution in [-0.2, 0) is 0 Å². The summed E-state index contributed by atoms with van der Waals surface area (Å²) in [5, 5.41) is 6.77. The molecule has 4 nitrogen and oxygen atoms in total. The normalized spacial score (nSPS) is 22.5. The molecule has 4 heteroatoms. The van der Waals surface area contributed by atoms with Gasteiger partial charge in [0.1, 0.15) is 0 Å². The van der Waals surface area contributed by atoms with Crippen molar-refractivity contribution in [3.8, 4) is 0 Å². The summed E-state index contributed by atoms with van der Waals surface area (Å²) in [7, 11) is 0. The van der Waals surface area contributed by atoms with E-state index in [1.54, 1.807) is 0 Å². The summed E-state index contributed by atoms with van der Waals surface area (Å²) in [5.74, 6) is 0. The lowest BCUT2D eigenvalue weighted by molar-refractivity contribution is 0.170. The number of nitrogens with zero attached hydrogens (tertiary/aromatic N) is 1. The second kappa shape index (κ2) is 7.73. The fraction of sp³-hybridized carbons (Fsp3) is 0.933. The average Bonchev–Trinajstić information content (AvgIpc) is 2.46. The summed E-state index contributed by atoms with van der Waals surface area (Å²) in [6.07, 6.45) is 9.59. The van der Waals surface area contributed by atoms with Gasteiger partial charge >= 0.3 is 6.03 Å². The number of rotatable bonds is 4. The van der Waals surface area contributed by atoms with Gasteiger partial charge in [-0.05, 0) is 38.6 Å². The summed E-state index contributed by atoms with van der Waals surface area (Å²) in [4.78, 5) is 14.2. The third-order valence-electron chi connectivity index (χ3n) is 4.40. The Morgan fingerprint density at radius 2 is 1.74 bits per heavy atom. The Labute approximate surface area is 117 Å². The zero-order valence-corrected chi connectivity index (χ0v) is 12.3. The predicted octanol–water partition coefficient (Wildman–Crippen LogP) is 2.49. The van der Waals surface area contributed by atoms with Crippen LogP contribution in [-0.4, -0.2) is 42.6 Å². The molecule has 2 N–H and O–H groups in total. The van der Waals surface area contributed by atoms with Crippen molar-refractivity contribution in [1.82, 2.24) is 15.5 Å². The first-order valence-electron chi connectivity index (χ1n) is 8.08. The lowest BCUT2D eigenvalue weighted by atomic mass is 9.95. The Bertz CT molecular complexity index is 269. The maximum absolute atomic E-state index is 12.2. The molecule has 0 aromatic rings. The van der Waals surface area contributed by atoms with Crippen molar-refractivity contribution in [3.63, 3.8) is 0 Å². The minimum Gasteiger partial charge on any atom is -0.335 e. The average molecular weight is 267 g/mol. The first-order valence-corrected chi connectivity index (χ1v) is 8.08. The molecule has 2 aliphatic rings. The van der Waals surface area contributed by atoms with Gasteiger partial charge in [0.15, 0.2) is 0 Å². The Balaban J connectivity index is 1.67.